The van der Waals surface area contributed by atoms with Gasteiger partial charge < -0.3 is 105 Å². The van der Waals surface area contributed by atoms with Gasteiger partial charge in [-0.15, -0.1) is 0 Å². The first-order valence-electron chi connectivity index (χ1n) is 36.5. The molecular weight excluding hydrogens is 1190 g/mol. The van der Waals surface area contributed by atoms with Crippen molar-refractivity contribution in [2.24, 2.45) is 11.8 Å². The van der Waals surface area contributed by atoms with E-state index < -0.39 is 0 Å². The lowest BCUT2D eigenvalue weighted by molar-refractivity contribution is -0.0273. The zero-order chi connectivity index (χ0) is 66.0. The Labute approximate surface area is 560 Å². The van der Waals surface area contributed by atoms with E-state index in [1.165, 1.54) is 154 Å². The van der Waals surface area contributed by atoms with E-state index in [4.69, 9.17) is 105 Å². The molecule has 2 atom stereocenters. The molecule has 2 unspecified atom stereocenters. The molecule has 0 fully saturated rings. The highest BCUT2D eigenvalue weighted by atomic mass is 16.6. The fourth-order valence-electron chi connectivity index (χ4n) is 9.56. The summed E-state index contributed by atoms with van der Waals surface area (Å²) in [6.07, 6.45) is 31.6. The summed E-state index contributed by atoms with van der Waals surface area (Å²) in [6.45, 7) is 25.5. The third-order valence-electron chi connectivity index (χ3n) is 14.8. The van der Waals surface area contributed by atoms with Crippen LogP contribution in [0.15, 0.2) is 0 Å². The molecule has 0 aromatic heterocycles. The Balaban J connectivity index is 4.15. The van der Waals surface area contributed by atoms with Crippen molar-refractivity contribution in [1.82, 2.24) is 0 Å². The maximum atomic E-state index is 8.66. The van der Waals surface area contributed by atoms with Crippen LogP contribution in [-0.2, 0) is 94.7 Å². The van der Waals surface area contributed by atoms with Gasteiger partial charge in [0.15, 0.2) is 0 Å². The number of rotatable bonds is 87. The molecule has 0 radical (unpaired) electrons. The van der Waals surface area contributed by atoms with E-state index in [1.54, 1.807) is 0 Å². The number of ether oxygens (including phenoxy) is 20. The van der Waals surface area contributed by atoms with Crippen LogP contribution < -0.4 is 0 Å². The van der Waals surface area contributed by atoms with Crippen LogP contribution >= 0.6 is 0 Å². The number of aliphatic hydroxyl groups excluding tert-OH is 2. The van der Waals surface area contributed by atoms with Crippen molar-refractivity contribution in [1.29, 1.82) is 0 Å². The molecule has 2 N–H and O–H groups in total. The lowest BCUT2D eigenvalue weighted by atomic mass is 9.93. The second-order valence-corrected chi connectivity index (χ2v) is 22.9. The van der Waals surface area contributed by atoms with Crippen LogP contribution in [0.4, 0.5) is 0 Å². The van der Waals surface area contributed by atoms with Gasteiger partial charge in [-0.1, -0.05) is 142 Å². The number of hydrogen-bond donors (Lipinski definition) is 2. The Kier molecular flexibility index (Phi) is 85.4. The summed E-state index contributed by atoms with van der Waals surface area (Å²) >= 11 is 0. The molecule has 0 rings (SSSR count). The van der Waals surface area contributed by atoms with Gasteiger partial charge in [-0.25, -0.2) is 0 Å². The van der Waals surface area contributed by atoms with Gasteiger partial charge in [0, 0.05) is 13.2 Å². The molecule has 0 heterocycles. The average molecular weight is 1340 g/mol. The molecule has 0 amide bonds. The number of hydrogen-bond acceptors (Lipinski definition) is 22. The van der Waals surface area contributed by atoms with Gasteiger partial charge in [-0.3, -0.25) is 0 Å². The van der Waals surface area contributed by atoms with E-state index in [-0.39, 0.29) is 13.2 Å². The minimum atomic E-state index is 0.0222. The molecule has 0 aromatic rings. The van der Waals surface area contributed by atoms with E-state index >= 15 is 0 Å². The Morgan fingerprint density at radius 2 is 0.293 bits per heavy atom. The molecule has 0 aliphatic heterocycles. The van der Waals surface area contributed by atoms with Gasteiger partial charge in [-0.2, -0.15) is 0 Å². The Morgan fingerprint density at radius 1 is 0.163 bits per heavy atom. The Morgan fingerprint density at radius 3 is 0.446 bits per heavy atom. The average Bonchev–Trinajstić information content (AvgIpc) is 3.63. The molecular formula is C70H142O22. The van der Waals surface area contributed by atoms with Crippen molar-refractivity contribution >= 4 is 0 Å². The highest BCUT2D eigenvalue weighted by Gasteiger charge is 2.12. The molecule has 92 heavy (non-hydrogen) atoms. The fraction of sp³-hybridized carbons (Fsp3) is 1.00. The van der Waals surface area contributed by atoms with Crippen LogP contribution in [0.25, 0.3) is 0 Å². The van der Waals surface area contributed by atoms with Crippen LogP contribution in [0.2, 0.25) is 0 Å². The van der Waals surface area contributed by atoms with E-state index in [1.807, 2.05) is 0 Å². The van der Waals surface area contributed by atoms with Gasteiger partial charge in [0.25, 0.3) is 0 Å². The Hall–Kier alpha value is -0.880. The van der Waals surface area contributed by atoms with E-state index in [9.17, 15) is 0 Å². The molecule has 0 saturated heterocycles. The first-order chi connectivity index (χ1) is 45.8. The SMILES string of the molecule is CCCCCCCCCCC(CCCCCCC(CCCCCCCCCC)COCCOCCOCCOCCOCCOCCOCCOCCOCCOCCO)COCCOCCOCCOCCOCCOCCOCCOCCOCCOCCO. The van der Waals surface area contributed by atoms with Crippen molar-refractivity contribution in [3.8, 4) is 0 Å². The molecule has 554 valence electrons. The number of aliphatic hydroxyl groups is 2. The predicted molar refractivity (Wildman–Crippen MR) is 360 cm³/mol. The number of unbranched alkanes of at least 4 members (excludes halogenated alkanes) is 17. The van der Waals surface area contributed by atoms with Crippen molar-refractivity contribution in [3.63, 3.8) is 0 Å². The van der Waals surface area contributed by atoms with Gasteiger partial charge in [0.2, 0.25) is 0 Å². The predicted octanol–water partition coefficient (Wildman–Crippen LogP) is 9.94. The summed E-state index contributed by atoms with van der Waals surface area (Å²) in [6, 6.07) is 0. The normalized spacial score (nSPS) is 12.5. The quantitative estimate of drug-likeness (QED) is 0.0540. The van der Waals surface area contributed by atoms with E-state index in [0.29, 0.717) is 263 Å². The standard InChI is InChI=1S/C70H142O22/c1-3-5-7-9-11-13-15-19-23-69(67-91-65-63-89-61-59-87-57-55-85-53-51-83-49-47-81-45-43-79-41-39-77-37-35-75-33-31-73-29-27-71)25-21-17-18-22-26-70(24-20-16-14-12-10-8-6-4-2)68-92-66-64-90-62-60-88-58-56-86-54-52-84-50-48-82-46-44-80-42-40-78-38-36-76-34-32-74-30-28-72/h69-72H,3-68H2,1-2H3. The lowest BCUT2D eigenvalue weighted by Crippen LogP contribution is -2.16. The summed E-state index contributed by atoms with van der Waals surface area (Å²) < 4.78 is 112. The smallest absolute Gasteiger partial charge is 0.0701 e. The summed E-state index contributed by atoms with van der Waals surface area (Å²) in [5.41, 5.74) is 0. The van der Waals surface area contributed by atoms with Gasteiger partial charge >= 0.3 is 0 Å². The van der Waals surface area contributed by atoms with Crippen LogP contribution in [0.5, 0.6) is 0 Å². The van der Waals surface area contributed by atoms with Crippen molar-refractivity contribution in [3.05, 3.63) is 0 Å². The highest BCUT2D eigenvalue weighted by molar-refractivity contribution is 4.64. The molecule has 0 aliphatic rings. The Bertz CT molecular complexity index is 1180. The molecule has 0 bridgehead atoms. The molecule has 22 nitrogen and oxygen atoms in total. The third-order valence-corrected chi connectivity index (χ3v) is 14.8. The van der Waals surface area contributed by atoms with Crippen molar-refractivity contribution in [2.45, 2.75) is 168 Å². The maximum absolute atomic E-state index is 8.66. The van der Waals surface area contributed by atoms with E-state index in [2.05, 4.69) is 13.8 Å². The largest absolute Gasteiger partial charge is 0.394 e. The monoisotopic (exact) mass is 1330 g/mol. The first-order valence-corrected chi connectivity index (χ1v) is 36.5. The van der Waals surface area contributed by atoms with Gasteiger partial charge in [-0.05, 0) is 37.5 Å². The van der Waals surface area contributed by atoms with Crippen molar-refractivity contribution in [2.75, 3.05) is 277 Å². The molecule has 0 saturated carbocycles. The molecule has 0 aromatic carbocycles. The summed E-state index contributed by atoms with van der Waals surface area (Å²) in [5, 5.41) is 17.3. The van der Waals surface area contributed by atoms with Gasteiger partial charge in [0.1, 0.15) is 0 Å². The fourth-order valence-corrected chi connectivity index (χ4v) is 9.56. The second kappa shape index (κ2) is 86.2. The summed E-state index contributed by atoms with van der Waals surface area (Å²) in [4.78, 5) is 0. The second-order valence-electron chi connectivity index (χ2n) is 22.9. The molecule has 0 spiro atoms. The maximum Gasteiger partial charge on any atom is 0.0701 e. The molecule has 0 aliphatic carbocycles. The first kappa shape index (κ1) is 91.1. The van der Waals surface area contributed by atoms with Gasteiger partial charge in [0.05, 0.1) is 264 Å². The third kappa shape index (κ3) is 81.5. The molecule has 22 heteroatoms. The van der Waals surface area contributed by atoms with Crippen LogP contribution in [0.3, 0.4) is 0 Å². The van der Waals surface area contributed by atoms with Crippen LogP contribution in [0, 0.1) is 11.8 Å². The topological polar surface area (TPSA) is 225 Å². The van der Waals surface area contributed by atoms with Crippen LogP contribution in [-0.4, -0.2) is 288 Å². The lowest BCUT2D eigenvalue weighted by Gasteiger charge is -2.19. The van der Waals surface area contributed by atoms with Crippen molar-refractivity contribution < 1.29 is 105 Å². The summed E-state index contributed by atoms with van der Waals surface area (Å²) in [5.74, 6) is 1.22. The minimum Gasteiger partial charge on any atom is -0.394 e. The van der Waals surface area contributed by atoms with Crippen LogP contribution in [0.1, 0.15) is 168 Å². The zero-order valence-corrected chi connectivity index (χ0v) is 58.9. The highest BCUT2D eigenvalue weighted by Crippen LogP contribution is 2.23. The minimum absolute atomic E-state index is 0.0222. The van der Waals surface area contributed by atoms with E-state index in [0.717, 1.165) is 13.2 Å². The zero-order valence-electron chi connectivity index (χ0n) is 58.9. The summed E-state index contributed by atoms with van der Waals surface area (Å²) in [7, 11) is 0.